The molecule has 2 aliphatic heterocycles. The highest BCUT2D eigenvalue weighted by molar-refractivity contribution is 5.85. The van der Waals surface area contributed by atoms with Crippen LogP contribution < -0.4 is 5.32 Å². The van der Waals surface area contributed by atoms with Gasteiger partial charge >= 0.3 is 0 Å². The Morgan fingerprint density at radius 2 is 2.00 bits per heavy atom. The minimum Gasteiger partial charge on any atom is -0.369 e. The molecule has 2 aliphatic rings. The van der Waals surface area contributed by atoms with E-state index in [1.165, 1.54) is 19.3 Å². The normalized spacial score (nSPS) is 22.3. The van der Waals surface area contributed by atoms with Crippen molar-refractivity contribution in [3.63, 3.8) is 0 Å². The summed E-state index contributed by atoms with van der Waals surface area (Å²) in [4.78, 5) is 14.0. The third kappa shape index (κ3) is 3.84. The lowest BCUT2D eigenvalue weighted by Crippen LogP contribution is -2.40. The predicted molar refractivity (Wildman–Crippen MR) is 74.1 cm³/mol. The molecule has 5 heteroatoms. The van der Waals surface area contributed by atoms with Gasteiger partial charge in [0.2, 0.25) is 5.91 Å². The molecule has 106 valence electrons. The van der Waals surface area contributed by atoms with Gasteiger partial charge in [-0.25, -0.2) is 0 Å². The third-order valence-electron chi connectivity index (χ3n) is 4.00. The minimum absolute atomic E-state index is 0. The Hall–Kier alpha value is -0.320. The first-order valence-electron chi connectivity index (χ1n) is 6.71. The van der Waals surface area contributed by atoms with Crippen LogP contribution >= 0.6 is 12.4 Å². The van der Waals surface area contributed by atoms with Crippen molar-refractivity contribution in [2.75, 3.05) is 32.8 Å². The van der Waals surface area contributed by atoms with Gasteiger partial charge in [-0.2, -0.15) is 0 Å². The predicted octanol–water partition coefficient (Wildman–Crippen LogP) is 1.44. The fraction of sp³-hybridized carbons (Fsp3) is 0.923. The number of carbonyl (C=O) groups excluding carboxylic acids is 1. The number of ether oxygens (including phenoxy) is 1. The Kier molecular flexibility index (Phi) is 5.89. The van der Waals surface area contributed by atoms with E-state index >= 15 is 0 Å². The van der Waals surface area contributed by atoms with Gasteiger partial charge in [0.05, 0.1) is 6.10 Å². The summed E-state index contributed by atoms with van der Waals surface area (Å²) >= 11 is 0. The van der Waals surface area contributed by atoms with Gasteiger partial charge in [0.15, 0.2) is 0 Å². The first-order valence-corrected chi connectivity index (χ1v) is 6.71. The molecule has 18 heavy (non-hydrogen) atoms. The number of nitrogens with one attached hydrogen (secondary N) is 1. The highest BCUT2D eigenvalue weighted by Crippen LogP contribution is 2.38. The molecule has 0 radical (unpaired) electrons. The molecule has 0 unspecified atom stereocenters. The smallest absolute Gasteiger partial charge is 0.248 e. The topological polar surface area (TPSA) is 41.6 Å². The molecule has 2 saturated heterocycles. The van der Waals surface area contributed by atoms with Crippen LogP contribution in [0.2, 0.25) is 0 Å². The molecular formula is C13H25ClN2O2. The van der Waals surface area contributed by atoms with Crippen molar-refractivity contribution in [1.82, 2.24) is 10.2 Å². The van der Waals surface area contributed by atoms with Gasteiger partial charge in [0.25, 0.3) is 0 Å². The molecular weight excluding hydrogens is 252 g/mol. The SMILES string of the molecule is CC(C)OCC(=O)N1CCC2(CCNCC2)C1.Cl. The monoisotopic (exact) mass is 276 g/mol. The van der Waals surface area contributed by atoms with Crippen molar-refractivity contribution < 1.29 is 9.53 Å². The van der Waals surface area contributed by atoms with Gasteiger partial charge < -0.3 is 15.0 Å². The number of piperidine rings is 1. The lowest BCUT2D eigenvalue weighted by Gasteiger charge is -2.33. The van der Waals surface area contributed by atoms with Crippen LogP contribution in [0.4, 0.5) is 0 Å². The summed E-state index contributed by atoms with van der Waals surface area (Å²) < 4.78 is 5.39. The number of amides is 1. The van der Waals surface area contributed by atoms with Gasteiger partial charge in [-0.1, -0.05) is 0 Å². The number of hydrogen-bond donors (Lipinski definition) is 1. The third-order valence-corrected chi connectivity index (χ3v) is 4.00. The Bertz CT molecular complexity index is 278. The molecule has 2 fully saturated rings. The zero-order valence-corrected chi connectivity index (χ0v) is 12.2. The molecule has 0 atom stereocenters. The van der Waals surface area contributed by atoms with Crippen LogP contribution in [-0.2, 0) is 9.53 Å². The molecule has 1 amide bonds. The Morgan fingerprint density at radius 1 is 1.33 bits per heavy atom. The van der Waals surface area contributed by atoms with Gasteiger partial charge in [-0.05, 0) is 51.6 Å². The zero-order valence-electron chi connectivity index (χ0n) is 11.4. The second kappa shape index (κ2) is 6.73. The molecule has 0 saturated carbocycles. The molecule has 0 aromatic carbocycles. The first-order chi connectivity index (χ1) is 8.11. The number of likely N-dealkylation sites (tertiary alicyclic amines) is 1. The number of hydrogen-bond acceptors (Lipinski definition) is 3. The molecule has 0 bridgehead atoms. The van der Waals surface area contributed by atoms with Gasteiger partial charge in [0, 0.05) is 13.1 Å². The van der Waals surface area contributed by atoms with E-state index in [1.807, 2.05) is 18.7 Å². The van der Waals surface area contributed by atoms with Gasteiger partial charge in [-0.3, -0.25) is 4.79 Å². The molecule has 0 aromatic heterocycles. The summed E-state index contributed by atoms with van der Waals surface area (Å²) in [5, 5.41) is 3.39. The summed E-state index contributed by atoms with van der Waals surface area (Å²) in [5.74, 6) is 0.161. The molecule has 2 heterocycles. The van der Waals surface area contributed by atoms with E-state index in [2.05, 4.69) is 5.32 Å². The Morgan fingerprint density at radius 3 is 2.61 bits per heavy atom. The fourth-order valence-corrected chi connectivity index (χ4v) is 2.84. The van der Waals surface area contributed by atoms with E-state index in [1.54, 1.807) is 0 Å². The summed E-state index contributed by atoms with van der Waals surface area (Å²) in [7, 11) is 0. The summed E-state index contributed by atoms with van der Waals surface area (Å²) in [5.41, 5.74) is 0.402. The molecule has 4 nitrogen and oxygen atoms in total. The van der Waals surface area contributed by atoms with E-state index in [-0.39, 0.29) is 31.0 Å². The highest BCUT2D eigenvalue weighted by atomic mass is 35.5. The number of nitrogens with zero attached hydrogens (tertiary/aromatic N) is 1. The van der Waals surface area contributed by atoms with Crippen molar-refractivity contribution in [3.8, 4) is 0 Å². The standard InChI is InChI=1S/C13H24N2O2.ClH/c1-11(2)17-9-12(16)15-8-5-13(10-15)3-6-14-7-4-13;/h11,14H,3-10H2,1-2H3;1H. The fourth-order valence-electron chi connectivity index (χ4n) is 2.84. The van der Waals surface area contributed by atoms with Crippen LogP contribution in [0.3, 0.4) is 0 Å². The molecule has 2 rings (SSSR count). The zero-order chi connectivity index (χ0) is 12.3. The van der Waals surface area contributed by atoms with E-state index in [0.717, 1.165) is 26.2 Å². The lowest BCUT2D eigenvalue weighted by atomic mass is 9.78. The van der Waals surface area contributed by atoms with Crippen molar-refractivity contribution in [2.45, 2.75) is 39.2 Å². The summed E-state index contributed by atoms with van der Waals surface area (Å²) in [6.07, 6.45) is 3.72. The van der Waals surface area contributed by atoms with Crippen molar-refractivity contribution in [1.29, 1.82) is 0 Å². The van der Waals surface area contributed by atoms with Crippen LogP contribution in [0.15, 0.2) is 0 Å². The maximum absolute atomic E-state index is 12.0. The van der Waals surface area contributed by atoms with Crippen molar-refractivity contribution in [2.24, 2.45) is 5.41 Å². The average molecular weight is 277 g/mol. The summed E-state index contributed by atoms with van der Waals surface area (Å²) in [6.45, 7) is 8.23. The minimum atomic E-state index is 0. The quantitative estimate of drug-likeness (QED) is 0.848. The van der Waals surface area contributed by atoms with E-state index in [9.17, 15) is 4.79 Å². The van der Waals surface area contributed by atoms with Crippen LogP contribution in [0.1, 0.15) is 33.1 Å². The van der Waals surface area contributed by atoms with Crippen LogP contribution in [0, 0.1) is 5.41 Å². The molecule has 0 aliphatic carbocycles. The number of carbonyl (C=O) groups is 1. The number of halogens is 1. The van der Waals surface area contributed by atoms with Crippen molar-refractivity contribution >= 4 is 18.3 Å². The van der Waals surface area contributed by atoms with Crippen LogP contribution in [-0.4, -0.2) is 49.7 Å². The molecule has 0 aromatic rings. The van der Waals surface area contributed by atoms with E-state index < -0.39 is 0 Å². The average Bonchev–Trinajstić information content (AvgIpc) is 2.71. The molecule has 1 spiro atoms. The second-order valence-electron chi connectivity index (χ2n) is 5.68. The van der Waals surface area contributed by atoms with E-state index in [0.29, 0.717) is 5.41 Å². The molecule has 1 N–H and O–H groups in total. The number of rotatable bonds is 3. The van der Waals surface area contributed by atoms with Crippen LogP contribution in [0.25, 0.3) is 0 Å². The Labute approximate surface area is 116 Å². The lowest BCUT2D eigenvalue weighted by molar-refractivity contribution is -0.137. The summed E-state index contributed by atoms with van der Waals surface area (Å²) in [6, 6.07) is 0. The van der Waals surface area contributed by atoms with E-state index in [4.69, 9.17) is 4.74 Å². The van der Waals surface area contributed by atoms with Crippen molar-refractivity contribution in [3.05, 3.63) is 0 Å². The second-order valence-corrected chi connectivity index (χ2v) is 5.68. The largest absolute Gasteiger partial charge is 0.369 e. The highest BCUT2D eigenvalue weighted by Gasteiger charge is 2.40. The van der Waals surface area contributed by atoms with Crippen LogP contribution in [0.5, 0.6) is 0 Å². The maximum Gasteiger partial charge on any atom is 0.248 e. The van der Waals surface area contributed by atoms with Gasteiger partial charge in [0.1, 0.15) is 6.61 Å². The van der Waals surface area contributed by atoms with Gasteiger partial charge in [-0.15, -0.1) is 12.4 Å². The Balaban J connectivity index is 0.00000162. The maximum atomic E-state index is 12.0. The first kappa shape index (κ1) is 15.7.